The van der Waals surface area contributed by atoms with E-state index in [0.29, 0.717) is 5.92 Å². The van der Waals surface area contributed by atoms with Crippen LogP contribution in [-0.2, 0) is 17.8 Å². The molecule has 0 saturated heterocycles. The molecule has 1 fully saturated rings. The highest BCUT2D eigenvalue weighted by Crippen LogP contribution is 2.24. The highest BCUT2D eigenvalue weighted by atomic mass is 32.1. The fourth-order valence-electron chi connectivity index (χ4n) is 3.55. The average molecular weight is 335 g/mol. The molecule has 2 heterocycles. The number of urea groups is 1. The van der Waals surface area contributed by atoms with Gasteiger partial charge in [0.2, 0.25) is 5.91 Å². The zero-order chi connectivity index (χ0) is 16.2. The van der Waals surface area contributed by atoms with Crippen molar-refractivity contribution in [3.63, 3.8) is 0 Å². The van der Waals surface area contributed by atoms with Crippen molar-refractivity contribution in [1.82, 2.24) is 15.5 Å². The molecule has 0 radical (unpaired) electrons. The maximum Gasteiger partial charge on any atom is 0.321 e. The van der Waals surface area contributed by atoms with Gasteiger partial charge in [-0.1, -0.05) is 19.8 Å². The molecule has 0 spiro atoms. The van der Waals surface area contributed by atoms with E-state index in [1.807, 2.05) is 0 Å². The Morgan fingerprint density at radius 3 is 3.00 bits per heavy atom. The molecular formula is C17H25N3O2S. The molecule has 1 aromatic heterocycles. The highest BCUT2D eigenvalue weighted by molar-refractivity contribution is 7.10. The van der Waals surface area contributed by atoms with Gasteiger partial charge in [-0.15, -0.1) is 11.3 Å². The quantitative estimate of drug-likeness (QED) is 0.892. The normalized spacial score (nSPS) is 24.7. The number of nitrogens with zero attached hydrogens (tertiary/aromatic N) is 1. The molecule has 1 saturated carbocycles. The summed E-state index contributed by atoms with van der Waals surface area (Å²) in [5.74, 6) is 0.272. The number of hydrogen-bond acceptors (Lipinski definition) is 4. The van der Waals surface area contributed by atoms with Crippen LogP contribution < -0.4 is 10.6 Å². The Hall–Kier alpha value is -1.40. The third-order valence-corrected chi connectivity index (χ3v) is 5.96. The van der Waals surface area contributed by atoms with Gasteiger partial charge in [0, 0.05) is 24.0 Å². The molecule has 5 nitrogen and oxygen atoms in total. The summed E-state index contributed by atoms with van der Waals surface area (Å²) in [6, 6.07) is 1.98. The minimum atomic E-state index is -0.345. The number of thiophene rings is 1. The Balaban J connectivity index is 1.43. The Bertz CT molecular complexity index is 572. The predicted molar refractivity (Wildman–Crippen MR) is 91.4 cm³/mol. The Labute approximate surface area is 141 Å². The van der Waals surface area contributed by atoms with Crippen molar-refractivity contribution in [3.8, 4) is 0 Å². The van der Waals surface area contributed by atoms with E-state index in [0.717, 1.165) is 38.8 Å². The van der Waals surface area contributed by atoms with Crippen LogP contribution in [0.1, 0.15) is 43.0 Å². The molecule has 1 aliphatic heterocycles. The van der Waals surface area contributed by atoms with Crippen LogP contribution in [0, 0.1) is 5.92 Å². The number of imide groups is 1. The summed E-state index contributed by atoms with van der Waals surface area (Å²) in [5.41, 5.74) is 1.31. The summed E-state index contributed by atoms with van der Waals surface area (Å²) >= 11 is 1.79. The second-order valence-corrected chi connectivity index (χ2v) is 7.72. The molecule has 23 heavy (non-hydrogen) atoms. The van der Waals surface area contributed by atoms with Crippen molar-refractivity contribution in [2.45, 2.75) is 51.6 Å². The Morgan fingerprint density at radius 2 is 2.17 bits per heavy atom. The SMILES string of the molecule is C[C@@H]1CCCC[C@H]1NC(=O)NC(=O)CN1CCc2sccc2C1. The van der Waals surface area contributed by atoms with Gasteiger partial charge in [-0.3, -0.25) is 15.0 Å². The van der Waals surface area contributed by atoms with Gasteiger partial charge in [-0.2, -0.15) is 0 Å². The topological polar surface area (TPSA) is 61.4 Å². The van der Waals surface area contributed by atoms with Gasteiger partial charge in [-0.05, 0) is 42.2 Å². The maximum absolute atomic E-state index is 12.1. The molecule has 0 unspecified atom stereocenters. The van der Waals surface area contributed by atoms with Crippen LogP contribution in [0.25, 0.3) is 0 Å². The van der Waals surface area contributed by atoms with Crippen LogP contribution >= 0.6 is 11.3 Å². The fraction of sp³-hybridized carbons (Fsp3) is 0.647. The van der Waals surface area contributed by atoms with Gasteiger partial charge in [-0.25, -0.2) is 4.79 Å². The van der Waals surface area contributed by atoms with Crippen molar-refractivity contribution in [2.75, 3.05) is 13.1 Å². The predicted octanol–water partition coefficient (Wildman–Crippen LogP) is 2.51. The Morgan fingerprint density at radius 1 is 1.35 bits per heavy atom. The lowest BCUT2D eigenvalue weighted by molar-refractivity contribution is -0.121. The smallest absolute Gasteiger partial charge is 0.321 e. The summed E-state index contributed by atoms with van der Waals surface area (Å²) in [4.78, 5) is 27.6. The third-order valence-electron chi connectivity index (χ3n) is 4.93. The van der Waals surface area contributed by atoms with Crippen LogP contribution in [0.4, 0.5) is 4.79 Å². The van der Waals surface area contributed by atoms with Gasteiger partial charge in [0.05, 0.1) is 6.54 Å². The molecule has 1 aliphatic carbocycles. The fourth-order valence-corrected chi connectivity index (χ4v) is 4.44. The van der Waals surface area contributed by atoms with E-state index in [4.69, 9.17) is 0 Å². The summed E-state index contributed by atoms with van der Waals surface area (Å²) < 4.78 is 0. The number of amides is 3. The number of carbonyl (C=O) groups excluding carboxylic acids is 2. The number of carbonyl (C=O) groups is 2. The van der Waals surface area contributed by atoms with Crippen LogP contribution in [0.5, 0.6) is 0 Å². The van der Waals surface area contributed by atoms with E-state index in [1.165, 1.54) is 16.9 Å². The molecule has 2 atom stereocenters. The number of nitrogens with one attached hydrogen (secondary N) is 2. The van der Waals surface area contributed by atoms with Crippen LogP contribution in [0.2, 0.25) is 0 Å². The lowest BCUT2D eigenvalue weighted by Gasteiger charge is -2.29. The van der Waals surface area contributed by atoms with Gasteiger partial charge in [0.25, 0.3) is 0 Å². The maximum atomic E-state index is 12.1. The van der Waals surface area contributed by atoms with Crippen LogP contribution in [-0.4, -0.2) is 36.0 Å². The lowest BCUT2D eigenvalue weighted by Crippen LogP contribution is -2.50. The zero-order valence-electron chi connectivity index (χ0n) is 13.6. The van der Waals surface area contributed by atoms with E-state index in [9.17, 15) is 9.59 Å². The van der Waals surface area contributed by atoms with E-state index in [2.05, 4.69) is 33.9 Å². The molecule has 1 aromatic rings. The summed E-state index contributed by atoms with van der Waals surface area (Å²) in [6.07, 6.45) is 5.54. The third kappa shape index (κ3) is 4.32. The van der Waals surface area contributed by atoms with Crippen molar-refractivity contribution in [1.29, 1.82) is 0 Å². The van der Waals surface area contributed by atoms with Gasteiger partial charge in [0.15, 0.2) is 0 Å². The molecule has 3 amide bonds. The van der Waals surface area contributed by atoms with E-state index in [1.54, 1.807) is 11.3 Å². The first-order valence-corrected chi connectivity index (χ1v) is 9.37. The molecule has 2 aliphatic rings. The second-order valence-electron chi connectivity index (χ2n) is 6.72. The number of rotatable bonds is 3. The Kier molecular flexibility index (Phi) is 5.33. The molecule has 3 rings (SSSR count). The van der Waals surface area contributed by atoms with E-state index >= 15 is 0 Å². The van der Waals surface area contributed by atoms with Crippen LogP contribution in [0.15, 0.2) is 11.4 Å². The van der Waals surface area contributed by atoms with Crippen LogP contribution in [0.3, 0.4) is 0 Å². The van der Waals surface area contributed by atoms with Crippen molar-refractivity contribution in [2.24, 2.45) is 5.92 Å². The first-order chi connectivity index (χ1) is 11.1. The zero-order valence-corrected chi connectivity index (χ0v) is 14.5. The monoisotopic (exact) mass is 335 g/mol. The summed E-state index contributed by atoms with van der Waals surface area (Å²) in [7, 11) is 0. The lowest BCUT2D eigenvalue weighted by atomic mass is 9.86. The molecule has 6 heteroatoms. The highest BCUT2D eigenvalue weighted by Gasteiger charge is 2.24. The molecular weight excluding hydrogens is 310 g/mol. The molecule has 2 N–H and O–H groups in total. The number of fused-ring (bicyclic) bond motifs is 1. The van der Waals surface area contributed by atoms with Gasteiger partial charge >= 0.3 is 6.03 Å². The van der Waals surface area contributed by atoms with Gasteiger partial charge in [0.1, 0.15) is 0 Å². The first kappa shape index (κ1) is 16.5. The number of hydrogen-bond donors (Lipinski definition) is 2. The largest absolute Gasteiger partial charge is 0.335 e. The molecule has 0 aromatic carbocycles. The first-order valence-electron chi connectivity index (χ1n) is 8.50. The van der Waals surface area contributed by atoms with E-state index in [-0.39, 0.29) is 24.5 Å². The summed E-state index contributed by atoms with van der Waals surface area (Å²) in [5, 5.41) is 7.55. The van der Waals surface area contributed by atoms with Crippen molar-refractivity contribution >= 4 is 23.3 Å². The van der Waals surface area contributed by atoms with Crippen molar-refractivity contribution in [3.05, 3.63) is 21.9 Å². The average Bonchev–Trinajstić information content (AvgIpc) is 2.97. The minimum absolute atomic E-state index is 0.194. The van der Waals surface area contributed by atoms with Crippen molar-refractivity contribution < 1.29 is 9.59 Å². The molecule has 0 bridgehead atoms. The molecule has 126 valence electrons. The van der Waals surface area contributed by atoms with E-state index < -0.39 is 0 Å². The minimum Gasteiger partial charge on any atom is -0.335 e. The van der Waals surface area contributed by atoms with Gasteiger partial charge < -0.3 is 5.32 Å². The standard InChI is InChI=1S/C17H25N3O2S/c1-12-4-2-3-5-14(12)18-17(22)19-16(21)11-20-8-6-15-13(10-20)7-9-23-15/h7,9,12,14H,2-6,8,10-11H2,1H3,(H2,18,19,21,22)/t12-,14-/m1/s1. The second kappa shape index (κ2) is 7.45. The summed E-state index contributed by atoms with van der Waals surface area (Å²) in [6.45, 7) is 4.12.